The first kappa shape index (κ1) is 16.5. The Labute approximate surface area is 143 Å². The second kappa shape index (κ2) is 6.91. The second-order valence-electron chi connectivity index (χ2n) is 4.58. The first-order chi connectivity index (χ1) is 9.99. The Morgan fingerprint density at radius 1 is 1.05 bits per heavy atom. The average Bonchev–Trinajstić information content (AvgIpc) is 2.49. The average molecular weight is 390 g/mol. The van der Waals surface area contributed by atoms with Gasteiger partial charge in [-0.15, -0.1) is 0 Å². The van der Waals surface area contributed by atoms with Gasteiger partial charge in [-0.05, 0) is 30.2 Å². The van der Waals surface area contributed by atoms with Crippen molar-refractivity contribution in [3.8, 4) is 11.5 Å². The van der Waals surface area contributed by atoms with Crippen molar-refractivity contribution in [1.29, 1.82) is 0 Å². The van der Waals surface area contributed by atoms with Crippen LogP contribution in [0.15, 0.2) is 30.3 Å². The fourth-order valence-corrected chi connectivity index (χ4v) is 3.22. The molecule has 2 aromatic rings. The maximum atomic E-state index is 6.31. The summed E-state index contributed by atoms with van der Waals surface area (Å²) in [4.78, 5) is -0.0750. The Kier molecular flexibility index (Phi) is 5.42. The normalized spacial score (nSPS) is 12.1. The molecule has 2 aromatic carbocycles. The Hall–Kier alpha value is -0.900. The highest BCUT2D eigenvalue weighted by molar-refractivity contribution is 9.09. The van der Waals surface area contributed by atoms with Crippen LogP contribution >= 0.6 is 39.1 Å². The van der Waals surface area contributed by atoms with Crippen LogP contribution in [0.25, 0.3) is 0 Å². The number of rotatable bonds is 4. The van der Waals surface area contributed by atoms with Crippen LogP contribution in [0.1, 0.15) is 21.5 Å². The predicted molar refractivity (Wildman–Crippen MR) is 91.5 cm³/mol. The van der Waals surface area contributed by atoms with Gasteiger partial charge in [0, 0.05) is 10.6 Å². The lowest BCUT2D eigenvalue weighted by molar-refractivity contribution is 0.392. The number of methoxy groups -OCH3 is 2. The number of hydrogen-bond acceptors (Lipinski definition) is 2. The number of aryl methyl sites for hydroxylation is 1. The van der Waals surface area contributed by atoms with Gasteiger partial charge in [0.05, 0.1) is 19.0 Å². The van der Waals surface area contributed by atoms with E-state index >= 15 is 0 Å². The molecule has 0 spiro atoms. The fourth-order valence-electron chi connectivity index (χ4n) is 2.06. The number of hydrogen-bond donors (Lipinski definition) is 0. The standard InChI is InChI=1S/C16H15BrCl2O2/c1-9-4-5-10(8-12(9)18)14(17)11-6-7-13(20-2)15(19)16(11)21-3/h4-8,14H,1-3H3. The zero-order chi connectivity index (χ0) is 15.6. The fraction of sp³-hybridized carbons (Fsp3) is 0.250. The van der Waals surface area contributed by atoms with Crippen molar-refractivity contribution in [2.24, 2.45) is 0 Å². The van der Waals surface area contributed by atoms with Crippen LogP contribution in [0.5, 0.6) is 11.5 Å². The van der Waals surface area contributed by atoms with Gasteiger partial charge in [-0.1, -0.05) is 57.3 Å². The number of alkyl halides is 1. The summed E-state index contributed by atoms with van der Waals surface area (Å²) in [5.74, 6) is 1.17. The summed E-state index contributed by atoms with van der Waals surface area (Å²) < 4.78 is 10.7. The van der Waals surface area contributed by atoms with Crippen LogP contribution in [0, 0.1) is 6.92 Å². The molecule has 112 valence electrons. The minimum Gasteiger partial charge on any atom is -0.495 e. The molecule has 0 radical (unpaired) electrons. The monoisotopic (exact) mass is 388 g/mol. The van der Waals surface area contributed by atoms with Crippen molar-refractivity contribution in [3.63, 3.8) is 0 Å². The van der Waals surface area contributed by atoms with Gasteiger partial charge >= 0.3 is 0 Å². The van der Waals surface area contributed by atoms with Crippen LogP contribution in [0.2, 0.25) is 10.0 Å². The third-order valence-electron chi connectivity index (χ3n) is 3.28. The molecule has 5 heteroatoms. The molecule has 0 aliphatic heterocycles. The molecule has 0 aromatic heterocycles. The van der Waals surface area contributed by atoms with Gasteiger partial charge < -0.3 is 9.47 Å². The topological polar surface area (TPSA) is 18.5 Å². The molecule has 0 fully saturated rings. The molecule has 21 heavy (non-hydrogen) atoms. The maximum absolute atomic E-state index is 6.31. The summed E-state index contributed by atoms with van der Waals surface area (Å²) in [6, 6.07) is 9.70. The van der Waals surface area contributed by atoms with Crippen molar-refractivity contribution in [2.75, 3.05) is 14.2 Å². The van der Waals surface area contributed by atoms with Crippen molar-refractivity contribution >= 4 is 39.1 Å². The van der Waals surface area contributed by atoms with Crippen LogP contribution in [-0.4, -0.2) is 14.2 Å². The maximum Gasteiger partial charge on any atom is 0.145 e. The minimum absolute atomic E-state index is 0.0750. The summed E-state index contributed by atoms with van der Waals surface area (Å²) in [7, 11) is 3.16. The molecule has 0 aliphatic rings. The van der Waals surface area contributed by atoms with Crippen molar-refractivity contribution in [1.82, 2.24) is 0 Å². The van der Waals surface area contributed by atoms with E-state index in [2.05, 4.69) is 15.9 Å². The van der Waals surface area contributed by atoms with E-state index in [1.165, 1.54) is 0 Å². The van der Waals surface area contributed by atoms with Crippen molar-refractivity contribution in [3.05, 3.63) is 57.1 Å². The molecule has 2 nitrogen and oxygen atoms in total. The lowest BCUT2D eigenvalue weighted by Gasteiger charge is -2.18. The van der Waals surface area contributed by atoms with E-state index in [1.807, 2.05) is 37.3 Å². The SMILES string of the molecule is COc1ccc(C(Br)c2ccc(C)c(Cl)c2)c(OC)c1Cl. The summed E-state index contributed by atoms with van der Waals surface area (Å²) in [5.41, 5.74) is 2.99. The number of halogens is 3. The first-order valence-electron chi connectivity index (χ1n) is 6.30. The van der Waals surface area contributed by atoms with E-state index in [1.54, 1.807) is 14.2 Å². The lowest BCUT2D eigenvalue weighted by atomic mass is 10.0. The summed E-state index contributed by atoms with van der Waals surface area (Å²) in [6.45, 7) is 1.97. The van der Waals surface area contributed by atoms with Crippen LogP contribution in [-0.2, 0) is 0 Å². The predicted octanol–water partition coefficient (Wildman–Crippen LogP) is 5.80. The van der Waals surface area contributed by atoms with Crippen LogP contribution in [0.4, 0.5) is 0 Å². The van der Waals surface area contributed by atoms with E-state index < -0.39 is 0 Å². The minimum atomic E-state index is -0.0750. The van der Waals surface area contributed by atoms with Gasteiger partial charge in [0.15, 0.2) is 0 Å². The number of benzene rings is 2. The highest BCUT2D eigenvalue weighted by Crippen LogP contribution is 2.44. The Bertz CT molecular complexity index is 659. The molecule has 1 unspecified atom stereocenters. The van der Waals surface area contributed by atoms with Gasteiger partial charge in [0.2, 0.25) is 0 Å². The largest absolute Gasteiger partial charge is 0.495 e. The zero-order valence-corrected chi connectivity index (χ0v) is 15.0. The zero-order valence-electron chi connectivity index (χ0n) is 11.9. The molecule has 0 saturated carbocycles. The smallest absolute Gasteiger partial charge is 0.145 e. The Morgan fingerprint density at radius 2 is 1.76 bits per heavy atom. The number of ether oxygens (including phenoxy) is 2. The highest BCUT2D eigenvalue weighted by atomic mass is 79.9. The van der Waals surface area contributed by atoms with E-state index in [4.69, 9.17) is 32.7 Å². The van der Waals surface area contributed by atoms with E-state index in [0.717, 1.165) is 21.7 Å². The van der Waals surface area contributed by atoms with Gasteiger partial charge in [-0.3, -0.25) is 0 Å². The molecule has 0 amide bonds. The Balaban J connectivity index is 2.50. The summed E-state index contributed by atoms with van der Waals surface area (Å²) in [5, 5.41) is 1.19. The molecule has 0 aliphatic carbocycles. The third kappa shape index (κ3) is 3.31. The highest BCUT2D eigenvalue weighted by Gasteiger charge is 2.20. The van der Waals surface area contributed by atoms with Gasteiger partial charge in [0.1, 0.15) is 16.5 Å². The molecular weight excluding hydrogens is 375 g/mol. The summed E-state index contributed by atoms with van der Waals surface area (Å²) >= 11 is 16.2. The van der Waals surface area contributed by atoms with E-state index in [0.29, 0.717) is 16.5 Å². The first-order valence-corrected chi connectivity index (χ1v) is 7.97. The quantitative estimate of drug-likeness (QED) is 0.615. The van der Waals surface area contributed by atoms with Crippen LogP contribution < -0.4 is 9.47 Å². The van der Waals surface area contributed by atoms with E-state index in [-0.39, 0.29) is 4.83 Å². The van der Waals surface area contributed by atoms with Crippen LogP contribution in [0.3, 0.4) is 0 Å². The Morgan fingerprint density at radius 3 is 2.33 bits per heavy atom. The van der Waals surface area contributed by atoms with Gasteiger partial charge in [-0.25, -0.2) is 0 Å². The second-order valence-corrected chi connectivity index (χ2v) is 6.28. The molecule has 0 saturated heterocycles. The third-order valence-corrected chi connectivity index (χ3v) is 5.06. The summed E-state index contributed by atoms with van der Waals surface area (Å²) in [6.07, 6.45) is 0. The van der Waals surface area contributed by atoms with E-state index in [9.17, 15) is 0 Å². The van der Waals surface area contributed by atoms with Crippen molar-refractivity contribution in [2.45, 2.75) is 11.8 Å². The lowest BCUT2D eigenvalue weighted by Crippen LogP contribution is -1.99. The van der Waals surface area contributed by atoms with Crippen molar-refractivity contribution < 1.29 is 9.47 Å². The molecular formula is C16H15BrCl2O2. The molecule has 0 heterocycles. The van der Waals surface area contributed by atoms with Gasteiger partial charge in [-0.2, -0.15) is 0 Å². The molecule has 0 N–H and O–H groups in total. The molecule has 0 bridgehead atoms. The molecule has 2 rings (SSSR count). The van der Waals surface area contributed by atoms with Gasteiger partial charge in [0.25, 0.3) is 0 Å². The molecule has 1 atom stereocenters.